The Morgan fingerprint density at radius 1 is 1.35 bits per heavy atom. The number of hydrogen-bond acceptors (Lipinski definition) is 4. The summed E-state index contributed by atoms with van der Waals surface area (Å²) in [5.74, 6) is 0. The molecule has 23 heavy (non-hydrogen) atoms. The van der Waals surface area contributed by atoms with Gasteiger partial charge in [0.15, 0.2) is 0 Å². The van der Waals surface area contributed by atoms with E-state index in [0.717, 1.165) is 18.5 Å². The van der Waals surface area contributed by atoms with Crippen molar-refractivity contribution >= 4 is 6.09 Å². The Morgan fingerprint density at radius 3 is 2.48 bits per heavy atom. The van der Waals surface area contributed by atoms with E-state index in [4.69, 9.17) is 10.00 Å². The number of nitriles is 1. The fraction of sp³-hybridized carbons (Fsp3) is 0.556. The summed E-state index contributed by atoms with van der Waals surface area (Å²) in [6, 6.07) is 9.89. The van der Waals surface area contributed by atoms with Gasteiger partial charge in [0.05, 0.1) is 11.6 Å². The lowest BCUT2D eigenvalue weighted by molar-refractivity contribution is 0.0297. The number of nitrogens with one attached hydrogen (secondary N) is 1. The molecule has 0 spiro atoms. The van der Waals surface area contributed by atoms with Crippen molar-refractivity contribution in [2.75, 3.05) is 20.1 Å². The lowest BCUT2D eigenvalue weighted by atomic mass is 10.1. The molecule has 0 aliphatic rings. The van der Waals surface area contributed by atoms with E-state index >= 15 is 0 Å². The van der Waals surface area contributed by atoms with Crippen LogP contribution >= 0.6 is 0 Å². The Morgan fingerprint density at radius 2 is 1.96 bits per heavy atom. The van der Waals surface area contributed by atoms with Crippen molar-refractivity contribution in [2.24, 2.45) is 0 Å². The number of ether oxygens (including phenoxy) is 1. The van der Waals surface area contributed by atoms with E-state index in [-0.39, 0.29) is 12.1 Å². The van der Waals surface area contributed by atoms with Gasteiger partial charge in [0, 0.05) is 19.6 Å². The summed E-state index contributed by atoms with van der Waals surface area (Å²) in [5, 5.41) is 12.2. The largest absolute Gasteiger partial charge is 0.444 e. The number of rotatable bonds is 6. The number of carbonyl (C=O) groups excluding carboxylic acids is 1. The molecule has 1 unspecified atom stereocenters. The van der Waals surface area contributed by atoms with E-state index < -0.39 is 5.60 Å². The molecule has 1 aromatic carbocycles. The topological polar surface area (TPSA) is 65.4 Å². The van der Waals surface area contributed by atoms with Crippen molar-refractivity contribution in [1.82, 2.24) is 10.2 Å². The van der Waals surface area contributed by atoms with Crippen molar-refractivity contribution in [2.45, 2.75) is 45.8 Å². The van der Waals surface area contributed by atoms with Gasteiger partial charge in [-0.3, -0.25) is 0 Å². The van der Waals surface area contributed by atoms with Crippen molar-refractivity contribution in [3.63, 3.8) is 0 Å². The molecule has 1 rings (SSSR count). The molecule has 0 aliphatic carbocycles. The first-order chi connectivity index (χ1) is 10.7. The maximum Gasteiger partial charge on any atom is 0.410 e. The second-order valence-corrected chi connectivity index (χ2v) is 6.67. The molecule has 1 aromatic rings. The van der Waals surface area contributed by atoms with E-state index in [1.54, 1.807) is 11.9 Å². The van der Waals surface area contributed by atoms with Gasteiger partial charge in [-0.25, -0.2) is 4.79 Å². The zero-order valence-corrected chi connectivity index (χ0v) is 14.7. The average molecular weight is 317 g/mol. The minimum absolute atomic E-state index is 0.203. The number of carbonyl (C=O) groups is 1. The van der Waals surface area contributed by atoms with Crippen molar-refractivity contribution in [3.05, 3.63) is 35.4 Å². The Bertz CT molecular complexity index is 541. The van der Waals surface area contributed by atoms with Gasteiger partial charge in [-0.15, -0.1) is 0 Å². The van der Waals surface area contributed by atoms with Crippen molar-refractivity contribution < 1.29 is 9.53 Å². The van der Waals surface area contributed by atoms with E-state index in [0.29, 0.717) is 12.1 Å². The van der Waals surface area contributed by atoms with Gasteiger partial charge in [0.25, 0.3) is 0 Å². The maximum absolute atomic E-state index is 11.8. The highest BCUT2D eigenvalue weighted by molar-refractivity contribution is 5.67. The molecule has 1 N–H and O–H groups in total. The molecule has 1 atom stereocenters. The summed E-state index contributed by atoms with van der Waals surface area (Å²) in [6.45, 7) is 9.11. The highest BCUT2D eigenvalue weighted by atomic mass is 16.6. The predicted octanol–water partition coefficient (Wildman–Crippen LogP) is 3.47. The SMILES string of the molecule is CC(NCCCN(C)C(=O)OC(C)(C)C)c1ccc(C#N)cc1. The molecule has 0 saturated carbocycles. The molecule has 0 saturated heterocycles. The number of nitrogens with zero attached hydrogens (tertiary/aromatic N) is 2. The second kappa shape index (κ2) is 8.54. The quantitative estimate of drug-likeness (QED) is 0.816. The minimum Gasteiger partial charge on any atom is -0.444 e. The number of hydrogen-bond donors (Lipinski definition) is 1. The monoisotopic (exact) mass is 317 g/mol. The van der Waals surface area contributed by atoms with Crippen molar-refractivity contribution in [1.29, 1.82) is 5.26 Å². The third kappa shape index (κ3) is 7.16. The van der Waals surface area contributed by atoms with E-state index in [2.05, 4.69) is 18.3 Å². The molecule has 0 aromatic heterocycles. The van der Waals surface area contributed by atoms with Crippen molar-refractivity contribution in [3.8, 4) is 6.07 Å². The molecule has 5 heteroatoms. The molecular formula is C18H27N3O2. The molecule has 0 heterocycles. The lowest BCUT2D eigenvalue weighted by Crippen LogP contribution is -2.35. The third-order valence-electron chi connectivity index (χ3n) is 3.37. The minimum atomic E-state index is -0.465. The van der Waals surface area contributed by atoms with Crippen LogP contribution < -0.4 is 5.32 Å². The zero-order valence-electron chi connectivity index (χ0n) is 14.7. The molecule has 5 nitrogen and oxygen atoms in total. The van der Waals surface area contributed by atoms with Gasteiger partial charge in [-0.2, -0.15) is 5.26 Å². The summed E-state index contributed by atoms with van der Waals surface area (Å²) in [6.07, 6.45) is 0.550. The third-order valence-corrected chi connectivity index (χ3v) is 3.37. The van der Waals surface area contributed by atoms with Gasteiger partial charge >= 0.3 is 6.09 Å². The van der Waals surface area contributed by atoms with Crippen LogP contribution in [0.25, 0.3) is 0 Å². The van der Waals surface area contributed by atoms with Crippen LogP contribution in [0.15, 0.2) is 24.3 Å². The molecule has 0 aliphatic heterocycles. The van der Waals surface area contributed by atoms with Crippen LogP contribution in [0.2, 0.25) is 0 Å². The van der Waals surface area contributed by atoms with Gasteiger partial charge in [0.2, 0.25) is 0 Å². The van der Waals surface area contributed by atoms with E-state index in [1.165, 1.54) is 0 Å². The van der Waals surface area contributed by atoms with Crippen LogP contribution in [0.4, 0.5) is 4.79 Å². The molecule has 0 fully saturated rings. The first kappa shape index (κ1) is 19.0. The fourth-order valence-corrected chi connectivity index (χ4v) is 2.03. The molecule has 0 radical (unpaired) electrons. The summed E-state index contributed by atoms with van der Waals surface area (Å²) in [7, 11) is 1.75. The predicted molar refractivity (Wildman–Crippen MR) is 91.1 cm³/mol. The van der Waals surface area contributed by atoms with Crippen LogP contribution in [0.3, 0.4) is 0 Å². The normalized spacial score (nSPS) is 12.3. The Balaban J connectivity index is 2.31. The Hall–Kier alpha value is -2.06. The summed E-state index contributed by atoms with van der Waals surface area (Å²) in [4.78, 5) is 13.4. The van der Waals surface area contributed by atoms with E-state index in [1.807, 2.05) is 45.0 Å². The average Bonchev–Trinajstić information content (AvgIpc) is 2.49. The molecule has 126 valence electrons. The van der Waals surface area contributed by atoms with Crippen LogP contribution in [0.5, 0.6) is 0 Å². The van der Waals surface area contributed by atoms with Gasteiger partial charge < -0.3 is 15.0 Å². The van der Waals surface area contributed by atoms with Crippen LogP contribution in [0, 0.1) is 11.3 Å². The van der Waals surface area contributed by atoms with E-state index in [9.17, 15) is 4.79 Å². The van der Waals surface area contributed by atoms with Gasteiger partial charge in [-0.05, 0) is 58.4 Å². The Kier molecular flexibility index (Phi) is 7.05. The summed E-state index contributed by atoms with van der Waals surface area (Å²) in [5.41, 5.74) is 1.35. The first-order valence-electron chi connectivity index (χ1n) is 7.90. The van der Waals surface area contributed by atoms with Crippen LogP contribution in [-0.2, 0) is 4.74 Å². The highest BCUT2D eigenvalue weighted by Crippen LogP contribution is 2.13. The number of benzene rings is 1. The maximum atomic E-state index is 11.8. The summed E-state index contributed by atoms with van der Waals surface area (Å²) < 4.78 is 5.31. The second-order valence-electron chi connectivity index (χ2n) is 6.67. The standard InChI is InChI=1S/C18H27N3O2/c1-14(16-9-7-15(13-19)8-10-16)20-11-6-12-21(5)17(22)23-18(2,3)4/h7-10,14,20H,6,11-12H2,1-5H3. The Labute approximate surface area is 139 Å². The smallest absolute Gasteiger partial charge is 0.410 e. The molecule has 0 bridgehead atoms. The lowest BCUT2D eigenvalue weighted by Gasteiger charge is -2.24. The van der Waals surface area contributed by atoms with Crippen LogP contribution in [0.1, 0.15) is 51.3 Å². The van der Waals surface area contributed by atoms with Gasteiger partial charge in [-0.1, -0.05) is 12.1 Å². The first-order valence-corrected chi connectivity index (χ1v) is 7.90. The fourth-order valence-electron chi connectivity index (χ4n) is 2.03. The zero-order chi connectivity index (χ0) is 17.5. The molecule has 1 amide bonds. The van der Waals surface area contributed by atoms with Gasteiger partial charge in [0.1, 0.15) is 5.60 Å². The summed E-state index contributed by atoms with van der Waals surface area (Å²) >= 11 is 0. The number of amides is 1. The van der Waals surface area contributed by atoms with Crippen LogP contribution in [-0.4, -0.2) is 36.7 Å². The molecular weight excluding hydrogens is 290 g/mol. The highest BCUT2D eigenvalue weighted by Gasteiger charge is 2.19.